The van der Waals surface area contributed by atoms with Gasteiger partial charge in [0.15, 0.2) is 0 Å². The third-order valence-corrected chi connectivity index (χ3v) is 3.52. The van der Waals surface area contributed by atoms with E-state index >= 15 is 0 Å². The number of aromatic nitrogens is 1. The summed E-state index contributed by atoms with van der Waals surface area (Å²) in [7, 11) is 0. The summed E-state index contributed by atoms with van der Waals surface area (Å²) in [6.45, 7) is 0.744. The minimum atomic E-state index is -0.377. The van der Waals surface area contributed by atoms with E-state index in [0.717, 1.165) is 18.7 Å². The van der Waals surface area contributed by atoms with E-state index in [4.69, 9.17) is 0 Å². The smallest absolute Gasteiger partial charge is 0.278 e. The maximum absolute atomic E-state index is 11.1. The molecular weight excluding hydrogens is 278 g/mol. The van der Waals surface area contributed by atoms with E-state index in [0.29, 0.717) is 10.9 Å². The molecule has 0 radical (unpaired) electrons. The fourth-order valence-electron chi connectivity index (χ4n) is 2.45. The number of nitrogens with one attached hydrogen (secondary N) is 1. The second-order valence-electron chi connectivity index (χ2n) is 4.95. The molecule has 3 rings (SSSR count). The third kappa shape index (κ3) is 2.88. The number of nitro groups is 1. The Bertz CT molecular complexity index is 803. The predicted molar refractivity (Wildman–Crippen MR) is 87.0 cm³/mol. The molecule has 0 atom stereocenters. The number of anilines is 1. The van der Waals surface area contributed by atoms with Gasteiger partial charge in [-0.2, -0.15) is 0 Å². The van der Waals surface area contributed by atoms with Crippen molar-refractivity contribution in [3.63, 3.8) is 0 Å². The summed E-state index contributed by atoms with van der Waals surface area (Å²) < 4.78 is 0. The highest BCUT2D eigenvalue weighted by atomic mass is 16.6. The van der Waals surface area contributed by atoms with Crippen molar-refractivity contribution in [3.05, 3.63) is 76.5 Å². The Morgan fingerprint density at radius 3 is 2.64 bits per heavy atom. The van der Waals surface area contributed by atoms with Gasteiger partial charge in [-0.15, -0.1) is 0 Å². The van der Waals surface area contributed by atoms with Crippen LogP contribution in [0.3, 0.4) is 0 Å². The van der Waals surface area contributed by atoms with Gasteiger partial charge in [0.1, 0.15) is 5.52 Å². The molecule has 0 aliphatic rings. The van der Waals surface area contributed by atoms with Crippen LogP contribution < -0.4 is 5.32 Å². The molecule has 1 N–H and O–H groups in total. The highest BCUT2D eigenvalue weighted by Gasteiger charge is 2.14. The molecule has 0 saturated carbocycles. The van der Waals surface area contributed by atoms with Gasteiger partial charge >= 0.3 is 0 Å². The predicted octanol–water partition coefficient (Wildman–Crippen LogP) is 3.80. The molecule has 0 fully saturated rings. The number of pyridine rings is 1. The number of nitrogens with zero attached hydrogens (tertiary/aromatic N) is 2. The number of rotatable bonds is 5. The molecule has 0 amide bonds. The molecular formula is C17H15N3O2. The molecule has 5 nitrogen and oxygen atoms in total. The molecule has 0 unspecified atom stereocenters. The zero-order valence-electron chi connectivity index (χ0n) is 11.9. The van der Waals surface area contributed by atoms with Gasteiger partial charge in [0.05, 0.1) is 16.0 Å². The normalized spacial score (nSPS) is 10.5. The van der Waals surface area contributed by atoms with Crippen LogP contribution in [0.15, 0.2) is 60.8 Å². The van der Waals surface area contributed by atoms with Crippen LogP contribution in [0, 0.1) is 10.1 Å². The average molecular weight is 293 g/mol. The Kier molecular flexibility index (Phi) is 3.96. The van der Waals surface area contributed by atoms with Crippen molar-refractivity contribution in [2.75, 3.05) is 11.9 Å². The average Bonchev–Trinajstić information content (AvgIpc) is 2.55. The molecule has 0 spiro atoms. The second-order valence-corrected chi connectivity index (χ2v) is 4.95. The van der Waals surface area contributed by atoms with E-state index < -0.39 is 0 Å². The third-order valence-electron chi connectivity index (χ3n) is 3.52. The first-order chi connectivity index (χ1) is 10.8. The van der Waals surface area contributed by atoms with E-state index in [-0.39, 0.29) is 10.6 Å². The van der Waals surface area contributed by atoms with E-state index in [9.17, 15) is 10.1 Å². The summed E-state index contributed by atoms with van der Waals surface area (Å²) in [6, 6.07) is 16.8. The van der Waals surface area contributed by atoms with Crippen LogP contribution in [0.5, 0.6) is 0 Å². The van der Waals surface area contributed by atoms with Crippen molar-refractivity contribution in [2.24, 2.45) is 0 Å². The molecule has 0 aliphatic carbocycles. The highest BCUT2D eigenvalue weighted by Crippen LogP contribution is 2.29. The largest absolute Gasteiger partial charge is 0.383 e. The zero-order valence-corrected chi connectivity index (χ0v) is 11.9. The fourth-order valence-corrected chi connectivity index (χ4v) is 2.45. The SMILES string of the molecule is O=[N+]([O-])c1ccc(NCCc2ccccc2)c2ncccc12. The van der Waals surface area contributed by atoms with E-state index in [1.165, 1.54) is 11.6 Å². The lowest BCUT2D eigenvalue weighted by Crippen LogP contribution is -2.06. The van der Waals surface area contributed by atoms with Gasteiger partial charge in [-0.25, -0.2) is 0 Å². The van der Waals surface area contributed by atoms with Crippen LogP contribution in [0.1, 0.15) is 5.56 Å². The topological polar surface area (TPSA) is 68.1 Å². The molecule has 110 valence electrons. The number of nitro benzene ring substituents is 1. The molecule has 5 heteroatoms. The lowest BCUT2D eigenvalue weighted by molar-refractivity contribution is -0.383. The van der Waals surface area contributed by atoms with Crippen molar-refractivity contribution in [3.8, 4) is 0 Å². The maximum Gasteiger partial charge on any atom is 0.278 e. The van der Waals surface area contributed by atoms with Crippen molar-refractivity contribution >= 4 is 22.3 Å². The van der Waals surface area contributed by atoms with Crippen LogP contribution in [0.2, 0.25) is 0 Å². The summed E-state index contributed by atoms with van der Waals surface area (Å²) in [6.07, 6.45) is 2.53. The number of hydrogen-bond donors (Lipinski definition) is 1. The molecule has 0 bridgehead atoms. The fraction of sp³-hybridized carbons (Fsp3) is 0.118. The monoisotopic (exact) mass is 293 g/mol. The molecule has 1 aromatic heterocycles. The van der Waals surface area contributed by atoms with Crippen LogP contribution in [-0.4, -0.2) is 16.5 Å². The molecule has 1 heterocycles. The highest BCUT2D eigenvalue weighted by molar-refractivity contribution is 5.96. The Labute approximate surface area is 127 Å². The number of fused-ring (bicyclic) bond motifs is 1. The minimum absolute atomic E-state index is 0.0803. The lowest BCUT2D eigenvalue weighted by atomic mass is 10.1. The first-order valence-electron chi connectivity index (χ1n) is 7.05. The second kappa shape index (κ2) is 6.22. The van der Waals surface area contributed by atoms with Gasteiger partial charge in [-0.1, -0.05) is 30.3 Å². The van der Waals surface area contributed by atoms with Crippen molar-refractivity contribution < 1.29 is 4.92 Å². The Morgan fingerprint density at radius 1 is 1.05 bits per heavy atom. The number of benzene rings is 2. The molecule has 22 heavy (non-hydrogen) atoms. The van der Waals surface area contributed by atoms with Crippen LogP contribution in [0.4, 0.5) is 11.4 Å². The van der Waals surface area contributed by atoms with Crippen molar-refractivity contribution in [1.82, 2.24) is 4.98 Å². The summed E-state index contributed by atoms with van der Waals surface area (Å²) in [5.41, 5.74) is 2.77. The lowest BCUT2D eigenvalue weighted by Gasteiger charge is -2.09. The van der Waals surface area contributed by atoms with Gasteiger partial charge in [0.25, 0.3) is 5.69 Å². The number of non-ortho nitro benzene ring substituents is 1. The molecule has 3 aromatic rings. The quantitative estimate of drug-likeness (QED) is 0.574. The Hall–Kier alpha value is -2.95. The standard InChI is InChI=1S/C17H15N3O2/c21-20(22)16-9-8-15(17-14(16)7-4-11-19-17)18-12-10-13-5-2-1-3-6-13/h1-9,11,18H,10,12H2. The maximum atomic E-state index is 11.1. The van der Waals surface area contributed by atoms with E-state index in [1.807, 2.05) is 18.2 Å². The van der Waals surface area contributed by atoms with Crippen LogP contribution >= 0.6 is 0 Å². The van der Waals surface area contributed by atoms with Gasteiger partial charge in [-0.3, -0.25) is 15.1 Å². The summed E-state index contributed by atoms with van der Waals surface area (Å²) in [5, 5.41) is 15.0. The van der Waals surface area contributed by atoms with Gasteiger partial charge in [0, 0.05) is 18.8 Å². The van der Waals surface area contributed by atoms with E-state index in [1.54, 1.807) is 24.4 Å². The first kappa shape index (κ1) is 14.0. The van der Waals surface area contributed by atoms with Gasteiger partial charge < -0.3 is 5.32 Å². The molecule has 0 saturated heterocycles. The summed E-state index contributed by atoms with van der Waals surface area (Å²) in [4.78, 5) is 15.0. The summed E-state index contributed by atoms with van der Waals surface area (Å²) in [5.74, 6) is 0. The Balaban J connectivity index is 1.82. The number of hydrogen-bond acceptors (Lipinski definition) is 4. The van der Waals surface area contributed by atoms with Gasteiger partial charge in [-0.05, 0) is 30.2 Å². The Morgan fingerprint density at radius 2 is 1.86 bits per heavy atom. The summed E-state index contributed by atoms with van der Waals surface area (Å²) >= 11 is 0. The molecule has 2 aromatic carbocycles. The van der Waals surface area contributed by atoms with Crippen LogP contribution in [-0.2, 0) is 6.42 Å². The molecule has 0 aliphatic heterocycles. The van der Waals surface area contributed by atoms with Gasteiger partial charge in [0.2, 0.25) is 0 Å². The van der Waals surface area contributed by atoms with Crippen LogP contribution in [0.25, 0.3) is 10.9 Å². The minimum Gasteiger partial charge on any atom is -0.383 e. The first-order valence-corrected chi connectivity index (χ1v) is 7.05. The van der Waals surface area contributed by atoms with Crippen molar-refractivity contribution in [2.45, 2.75) is 6.42 Å². The van der Waals surface area contributed by atoms with E-state index in [2.05, 4.69) is 22.4 Å². The zero-order chi connectivity index (χ0) is 15.4. The van der Waals surface area contributed by atoms with Crippen molar-refractivity contribution in [1.29, 1.82) is 0 Å².